The molecule has 0 aromatic heterocycles. The summed E-state index contributed by atoms with van der Waals surface area (Å²) in [7, 11) is 0. The average molecular weight is 299 g/mol. The van der Waals surface area contributed by atoms with Gasteiger partial charge in [-0.15, -0.1) is 0 Å². The van der Waals surface area contributed by atoms with Crippen LogP contribution in [-0.4, -0.2) is 0 Å². The van der Waals surface area contributed by atoms with Crippen molar-refractivity contribution in [1.82, 2.24) is 0 Å². The van der Waals surface area contributed by atoms with E-state index in [9.17, 15) is 0 Å². The molecule has 0 saturated carbocycles. The predicted molar refractivity (Wildman–Crippen MR) is 99.5 cm³/mol. The second-order valence-electron chi connectivity index (χ2n) is 5.67. The Labute approximate surface area is 138 Å². The number of rotatable bonds is 5. The van der Waals surface area contributed by atoms with Crippen molar-refractivity contribution >= 4 is 11.8 Å². The molecule has 1 atom stereocenters. The Bertz CT molecular complexity index is 743. The molecule has 0 heterocycles. The van der Waals surface area contributed by atoms with Gasteiger partial charge in [-0.25, -0.2) is 0 Å². The van der Waals surface area contributed by atoms with Crippen LogP contribution in [0.3, 0.4) is 0 Å². The molecule has 0 aliphatic carbocycles. The van der Waals surface area contributed by atoms with Gasteiger partial charge in [-0.3, -0.25) is 0 Å². The summed E-state index contributed by atoms with van der Waals surface area (Å²) >= 11 is 0. The molecule has 114 valence electrons. The minimum Gasteiger partial charge on any atom is -0.375 e. The fourth-order valence-electron chi connectivity index (χ4n) is 2.50. The highest BCUT2D eigenvalue weighted by molar-refractivity contribution is 5.54. The summed E-state index contributed by atoms with van der Waals surface area (Å²) in [5.74, 6) is 0. The van der Waals surface area contributed by atoms with E-state index in [-0.39, 0.29) is 6.04 Å². The molecule has 1 nitrogen and oxygen atoms in total. The lowest BCUT2D eigenvalue weighted by Gasteiger charge is -2.17. The van der Waals surface area contributed by atoms with E-state index in [1.165, 1.54) is 16.7 Å². The van der Waals surface area contributed by atoms with Crippen LogP contribution in [0.25, 0.3) is 6.08 Å². The molecule has 3 aromatic carbocycles. The Kier molecular flexibility index (Phi) is 4.90. The fraction of sp³-hybridized carbons (Fsp3) is 0.0909. The van der Waals surface area contributed by atoms with E-state index in [2.05, 4.69) is 97.2 Å². The van der Waals surface area contributed by atoms with E-state index >= 15 is 0 Å². The maximum absolute atomic E-state index is 3.61. The molecule has 1 N–H and O–H groups in total. The van der Waals surface area contributed by atoms with Crippen LogP contribution in [0.5, 0.6) is 0 Å². The zero-order chi connectivity index (χ0) is 15.9. The topological polar surface area (TPSA) is 12.0 Å². The average Bonchev–Trinajstić information content (AvgIpc) is 2.62. The van der Waals surface area contributed by atoms with Crippen LogP contribution >= 0.6 is 0 Å². The summed E-state index contributed by atoms with van der Waals surface area (Å²) in [6.07, 6.45) is 4.38. The number of aryl methyl sites for hydroxylation is 1. The molecule has 0 fully saturated rings. The highest BCUT2D eigenvalue weighted by Crippen LogP contribution is 2.22. The maximum Gasteiger partial charge on any atom is 0.0701 e. The second kappa shape index (κ2) is 7.46. The third kappa shape index (κ3) is 4.33. The normalized spacial score (nSPS) is 12.2. The van der Waals surface area contributed by atoms with Gasteiger partial charge < -0.3 is 5.32 Å². The first-order valence-corrected chi connectivity index (χ1v) is 7.93. The molecule has 0 radical (unpaired) electrons. The molecule has 3 rings (SSSR count). The standard InChI is InChI=1S/C22H21N/c1-18-12-15-21(16-13-18)23-22(20-10-6-3-7-11-20)17-14-19-8-4-2-5-9-19/h2-17,22-23H,1H3/b17-14+. The Hall–Kier alpha value is -2.80. The summed E-state index contributed by atoms with van der Waals surface area (Å²) in [4.78, 5) is 0. The Morgan fingerprint density at radius 3 is 2.00 bits per heavy atom. The van der Waals surface area contributed by atoms with Crippen LogP contribution in [0.1, 0.15) is 22.7 Å². The highest BCUT2D eigenvalue weighted by Gasteiger charge is 2.07. The minimum atomic E-state index is 0.138. The lowest BCUT2D eigenvalue weighted by atomic mass is 10.0. The molecule has 23 heavy (non-hydrogen) atoms. The lowest BCUT2D eigenvalue weighted by Crippen LogP contribution is -2.07. The van der Waals surface area contributed by atoms with Crippen molar-refractivity contribution in [1.29, 1.82) is 0 Å². The highest BCUT2D eigenvalue weighted by atomic mass is 14.9. The molecule has 0 amide bonds. The predicted octanol–water partition coefficient (Wildman–Crippen LogP) is 5.86. The van der Waals surface area contributed by atoms with Gasteiger partial charge in [-0.05, 0) is 30.2 Å². The van der Waals surface area contributed by atoms with E-state index in [1.54, 1.807) is 0 Å². The van der Waals surface area contributed by atoms with Crippen LogP contribution in [0.2, 0.25) is 0 Å². The smallest absolute Gasteiger partial charge is 0.0701 e. The van der Waals surface area contributed by atoms with E-state index in [1.807, 2.05) is 12.1 Å². The summed E-state index contributed by atoms with van der Waals surface area (Å²) in [5, 5.41) is 3.61. The molecule has 0 saturated heterocycles. The third-order valence-electron chi connectivity index (χ3n) is 3.81. The van der Waals surface area contributed by atoms with Crippen molar-refractivity contribution in [2.24, 2.45) is 0 Å². The van der Waals surface area contributed by atoms with Crippen LogP contribution in [0, 0.1) is 6.92 Å². The van der Waals surface area contributed by atoms with E-state index in [0.29, 0.717) is 0 Å². The Morgan fingerprint density at radius 2 is 1.35 bits per heavy atom. The lowest BCUT2D eigenvalue weighted by molar-refractivity contribution is 0.989. The Balaban J connectivity index is 1.85. The summed E-state index contributed by atoms with van der Waals surface area (Å²) in [6.45, 7) is 2.10. The number of nitrogens with one attached hydrogen (secondary N) is 1. The first-order chi connectivity index (χ1) is 11.3. The van der Waals surface area contributed by atoms with Gasteiger partial charge in [-0.2, -0.15) is 0 Å². The second-order valence-corrected chi connectivity index (χ2v) is 5.67. The first-order valence-electron chi connectivity index (χ1n) is 7.93. The van der Waals surface area contributed by atoms with Crippen molar-refractivity contribution in [3.63, 3.8) is 0 Å². The molecule has 0 bridgehead atoms. The minimum absolute atomic E-state index is 0.138. The quantitative estimate of drug-likeness (QED) is 0.622. The van der Waals surface area contributed by atoms with Crippen LogP contribution in [0.4, 0.5) is 5.69 Å². The van der Waals surface area contributed by atoms with Gasteiger partial charge in [0.1, 0.15) is 0 Å². The zero-order valence-electron chi connectivity index (χ0n) is 13.3. The zero-order valence-corrected chi connectivity index (χ0v) is 13.3. The van der Waals surface area contributed by atoms with Crippen molar-refractivity contribution in [3.8, 4) is 0 Å². The van der Waals surface area contributed by atoms with Gasteiger partial charge in [0.15, 0.2) is 0 Å². The molecular weight excluding hydrogens is 278 g/mol. The number of benzene rings is 3. The largest absolute Gasteiger partial charge is 0.375 e. The van der Waals surface area contributed by atoms with Crippen molar-refractivity contribution < 1.29 is 0 Å². The molecule has 0 aliphatic heterocycles. The van der Waals surface area contributed by atoms with Crippen LogP contribution < -0.4 is 5.32 Å². The number of anilines is 1. The first kappa shape index (κ1) is 15.1. The molecule has 0 aliphatic rings. The summed E-state index contributed by atoms with van der Waals surface area (Å²) in [5.41, 5.74) is 4.85. The SMILES string of the molecule is Cc1ccc(NC(/C=C/c2ccccc2)c2ccccc2)cc1. The van der Waals surface area contributed by atoms with E-state index in [4.69, 9.17) is 0 Å². The van der Waals surface area contributed by atoms with Crippen molar-refractivity contribution in [2.45, 2.75) is 13.0 Å². The monoisotopic (exact) mass is 299 g/mol. The van der Waals surface area contributed by atoms with Crippen molar-refractivity contribution in [2.75, 3.05) is 5.32 Å². The number of hydrogen-bond donors (Lipinski definition) is 1. The van der Waals surface area contributed by atoms with Crippen molar-refractivity contribution in [3.05, 3.63) is 108 Å². The van der Waals surface area contributed by atoms with E-state index < -0.39 is 0 Å². The van der Waals surface area contributed by atoms with E-state index in [0.717, 1.165) is 5.69 Å². The van der Waals surface area contributed by atoms with Gasteiger partial charge in [0.05, 0.1) is 6.04 Å². The van der Waals surface area contributed by atoms with Gasteiger partial charge >= 0.3 is 0 Å². The number of hydrogen-bond acceptors (Lipinski definition) is 1. The molecular formula is C22H21N. The molecule has 1 unspecified atom stereocenters. The van der Waals surface area contributed by atoms with Crippen LogP contribution in [0.15, 0.2) is 91.0 Å². The van der Waals surface area contributed by atoms with Gasteiger partial charge in [0.2, 0.25) is 0 Å². The summed E-state index contributed by atoms with van der Waals surface area (Å²) < 4.78 is 0. The Morgan fingerprint density at radius 1 is 0.739 bits per heavy atom. The molecule has 3 aromatic rings. The van der Waals surface area contributed by atoms with Crippen LogP contribution in [-0.2, 0) is 0 Å². The molecule has 0 spiro atoms. The van der Waals surface area contributed by atoms with Gasteiger partial charge in [0, 0.05) is 5.69 Å². The third-order valence-corrected chi connectivity index (χ3v) is 3.81. The maximum atomic E-state index is 3.61. The fourth-order valence-corrected chi connectivity index (χ4v) is 2.50. The van der Waals surface area contributed by atoms with Gasteiger partial charge in [-0.1, -0.05) is 90.5 Å². The summed E-state index contributed by atoms with van der Waals surface area (Å²) in [6, 6.07) is 29.6. The van der Waals surface area contributed by atoms with Gasteiger partial charge in [0.25, 0.3) is 0 Å². The molecule has 1 heteroatoms.